The fourth-order valence-corrected chi connectivity index (χ4v) is 12.6. The third kappa shape index (κ3) is 7.60. The van der Waals surface area contributed by atoms with Crippen LogP contribution < -0.4 is 0 Å². The van der Waals surface area contributed by atoms with Crippen LogP contribution in [-0.2, 0) is 37.0 Å². The van der Waals surface area contributed by atoms with Gasteiger partial charge in [-0.25, -0.2) is 23.4 Å². The zero-order chi connectivity index (χ0) is 30.5. The molecule has 43 heavy (non-hydrogen) atoms. The van der Waals surface area contributed by atoms with Gasteiger partial charge in [-0.15, -0.1) is 0 Å². The Balaban J connectivity index is 1.59. The Bertz CT molecular complexity index is 1620. The van der Waals surface area contributed by atoms with Crippen molar-refractivity contribution in [3.8, 4) is 0 Å². The highest BCUT2D eigenvalue weighted by atomic mass is 32.2. The first-order valence-electron chi connectivity index (χ1n) is 14.1. The van der Waals surface area contributed by atoms with E-state index in [1.165, 1.54) is 6.58 Å². The van der Waals surface area contributed by atoms with E-state index in [2.05, 4.69) is 4.98 Å². The van der Waals surface area contributed by atoms with Crippen LogP contribution in [0.3, 0.4) is 0 Å². The van der Waals surface area contributed by atoms with Crippen LogP contribution in [0.1, 0.15) is 22.4 Å². The molecule has 0 unspecified atom stereocenters. The SMILES string of the molecule is Cc1ccc(S(=O)(=O)[N]2CCN(Cc3ccccn3)CC[N](S(=O)(=O)c3ccc(C)cc3)[Al]2[O]Cc2ccccc2)cc1. The van der Waals surface area contributed by atoms with E-state index in [1.807, 2.05) is 67.3 Å². The molecule has 0 radical (unpaired) electrons. The maximum atomic E-state index is 14.3. The highest BCUT2D eigenvalue weighted by Crippen LogP contribution is 2.26. The molecule has 1 saturated heterocycles. The summed E-state index contributed by atoms with van der Waals surface area (Å²) in [6.45, 7) is 5.21. The van der Waals surface area contributed by atoms with Crippen molar-refractivity contribution in [1.29, 1.82) is 0 Å². The van der Waals surface area contributed by atoms with Crippen molar-refractivity contribution in [2.75, 3.05) is 26.2 Å². The maximum Gasteiger partial charge on any atom is 0.734 e. The molecule has 9 nitrogen and oxygen atoms in total. The molecule has 0 amide bonds. The molecule has 0 atom stereocenters. The molecule has 0 N–H and O–H groups in total. The number of sulfonamides is 2. The quantitative estimate of drug-likeness (QED) is 0.256. The van der Waals surface area contributed by atoms with Crippen LogP contribution >= 0.6 is 0 Å². The number of pyridine rings is 1. The summed E-state index contributed by atoms with van der Waals surface area (Å²) in [5.74, 6) is 0. The van der Waals surface area contributed by atoms with Crippen molar-refractivity contribution in [3.05, 3.63) is 126 Å². The van der Waals surface area contributed by atoms with Gasteiger partial charge in [0, 0.05) is 45.5 Å². The summed E-state index contributed by atoms with van der Waals surface area (Å²) in [5.41, 5.74) is 3.49. The van der Waals surface area contributed by atoms with E-state index in [-0.39, 0.29) is 29.5 Å². The largest absolute Gasteiger partial charge is 0.734 e. The van der Waals surface area contributed by atoms with Gasteiger partial charge in [-0.3, -0.25) is 9.88 Å². The average Bonchev–Trinajstić information content (AvgIpc) is 2.99. The normalized spacial score (nSPS) is 16.1. The number of nitrogens with zero attached hydrogens (tertiary/aromatic N) is 4. The molecular formula is C31H35AlN4O5S2. The molecule has 1 aliphatic rings. The van der Waals surface area contributed by atoms with Crippen LogP contribution in [0.15, 0.2) is 113 Å². The van der Waals surface area contributed by atoms with Crippen LogP contribution in [-0.4, -0.2) is 74.4 Å². The third-order valence-corrected chi connectivity index (χ3v) is 15.4. The molecule has 1 aromatic heterocycles. The Hall–Kier alpha value is -2.92. The van der Waals surface area contributed by atoms with E-state index in [9.17, 15) is 16.8 Å². The van der Waals surface area contributed by atoms with Gasteiger partial charge >= 0.3 is 14.9 Å². The molecule has 2 heterocycles. The summed E-state index contributed by atoms with van der Waals surface area (Å²) in [6.07, 6.45) is 1.71. The van der Waals surface area contributed by atoms with Gasteiger partial charge in [-0.1, -0.05) is 71.8 Å². The smallest absolute Gasteiger partial charge is 0.470 e. The Morgan fingerprint density at radius 1 is 0.674 bits per heavy atom. The predicted molar refractivity (Wildman–Crippen MR) is 167 cm³/mol. The number of hydrogen-bond donors (Lipinski definition) is 0. The molecule has 4 aromatic rings. The minimum absolute atomic E-state index is 0.0641. The molecular weight excluding hydrogens is 599 g/mol. The van der Waals surface area contributed by atoms with Crippen molar-refractivity contribution in [2.24, 2.45) is 0 Å². The molecule has 3 aromatic carbocycles. The summed E-state index contributed by atoms with van der Waals surface area (Å²) in [5, 5.41) is 0. The van der Waals surface area contributed by atoms with E-state index < -0.39 is 35.0 Å². The van der Waals surface area contributed by atoms with Gasteiger partial charge in [0.25, 0.3) is 0 Å². The van der Waals surface area contributed by atoms with E-state index in [4.69, 9.17) is 3.79 Å². The highest BCUT2D eigenvalue weighted by molar-refractivity contribution is 7.92. The van der Waals surface area contributed by atoms with E-state index in [0.29, 0.717) is 19.6 Å². The molecule has 1 aliphatic heterocycles. The second-order valence-electron chi connectivity index (χ2n) is 10.6. The molecule has 0 spiro atoms. The number of hydrogen-bond acceptors (Lipinski definition) is 7. The van der Waals surface area contributed by atoms with Gasteiger partial charge in [0.2, 0.25) is 20.0 Å². The minimum Gasteiger partial charge on any atom is -0.470 e. The zero-order valence-electron chi connectivity index (χ0n) is 24.3. The lowest BCUT2D eigenvalue weighted by Crippen LogP contribution is -2.62. The zero-order valence-corrected chi connectivity index (χ0v) is 27.1. The fourth-order valence-electron chi connectivity index (χ4n) is 4.92. The summed E-state index contributed by atoms with van der Waals surface area (Å²) >= 11 is -3.38. The molecule has 224 valence electrons. The first kappa shape index (κ1) is 31.5. The summed E-state index contributed by atoms with van der Waals surface area (Å²) in [6, 6.07) is 28.3. The van der Waals surface area contributed by atoms with E-state index in [1.54, 1.807) is 54.7 Å². The van der Waals surface area contributed by atoms with Gasteiger partial charge in [-0.2, -0.15) is 0 Å². The monoisotopic (exact) mass is 634 g/mol. The molecule has 1 fully saturated rings. The number of aromatic nitrogens is 1. The van der Waals surface area contributed by atoms with Crippen molar-refractivity contribution < 1.29 is 20.6 Å². The minimum atomic E-state index is -4.13. The van der Waals surface area contributed by atoms with Crippen molar-refractivity contribution in [3.63, 3.8) is 0 Å². The van der Waals surface area contributed by atoms with Crippen molar-refractivity contribution >= 4 is 35.0 Å². The lowest BCUT2D eigenvalue weighted by atomic mass is 10.2. The number of rotatable bonds is 9. The molecule has 12 heteroatoms. The van der Waals surface area contributed by atoms with Gasteiger partial charge in [0.15, 0.2) is 0 Å². The molecule has 0 bridgehead atoms. The standard InChI is InChI=1S/C24H28N4O4S2.C7H7O.Al/c1-20-6-10-23(11-7-20)33(29,30)26-15-17-28(19-22-5-3-4-14-25-22)18-16-27-34(31,32)24-12-8-21(2)9-13-24;8-6-7-4-2-1-3-5-7;/h3-14H,15-19H2,1-2H3;1-5H,6H2;/q-2;-1;+3. The first-order valence-corrected chi connectivity index (χ1v) is 18.5. The highest BCUT2D eigenvalue weighted by Gasteiger charge is 2.52. The topological polar surface area (TPSA) is 100 Å². The van der Waals surface area contributed by atoms with Crippen molar-refractivity contribution in [1.82, 2.24) is 16.5 Å². The van der Waals surface area contributed by atoms with Crippen LogP contribution in [0.4, 0.5) is 0 Å². The fraction of sp³-hybridized carbons (Fsp3) is 0.258. The van der Waals surface area contributed by atoms with E-state index in [0.717, 1.165) is 22.4 Å². The molecule has 5 rings (SSSR count). The second-order valence-corrected chi connectivity index (χ2v) is 17.3. The summed E-state index contributed by atoms with van der Waals surface area (Å²) < 4.78 is 66.4. The summed E-state index contributed by atoms with van der Waals surface area (Å²) in [4.78, 5) is 6.67. The first-order chi connectivity index (χ1) is 20.6. The van der Waals surface area contributed by atoms with Gasteiger partial charge in [0.05, 0.1) is 15.5 Å². The predicted octanol–water partition coefficient (Wildman–Crippen LogP) is 4.10. The lowest BCUT2D eigenvalue weighted by Gasteiger charge is -2.38. The van der Waals surface area contributed by atoms with Crippen molar-refractivity contribution in [2.45, 2.75) is 36.8 Å². The Labute approximate surface area is 259 Å². The lowest BCUT2D eigenvalue weighted by molar-refractivity contribution is 0.192. The van der Waals surface area contributed by atoms with Crippen LogP contribution in [0.5, 0.6) is 0 Å². The average molecular weight is 635 g/mol. The number of aryl methyl sites for hydroxylation is 2. The Kier molecular flexibility index (Phi) is 10.1. The van der Waals surface area contributed by atoms with Crippen LogP contribution in [0, 0.1) is 13.8 Å². The second kappa shape index (κ2) is 13.8. The third-order valence-electron chi connectivity index (χ3n) is 7.37. The van der Waals surface area contributed by atoms with Gasteiger partial charge in [-0.05, 0) is 55.8 Å². The Morgan fingerprint density at radius 2 is 1.19 bits per heavy atom. The maximum absolute atomic E-state index is 14.3. The Morgan fingerprint density at radius 3 is 1.67 bits per heavy atom. The van der Waals surface area contributed by atoms with Crippen LogP contribution in [0.2, 0.25) is 0 Å². The van der Waals surface area contributed by atoms with Gasteiger partial charge < -0.3 is 3.79 Å². The van der Waals surface area contributed by atoms with Crippen LogP contribution in [0.25, 0.3) is 0 Å². The molecule has 0 aliphatic carbocycles. The summed E-state index contributed by atoms with van der Waals surface area (Å²) in [7, 11) is -8.26. The van der Waals surface area contributed by atoms with E-state index >= 15 is 0 Å². The molecule has 0 saturated carbocycles. The number of benzene rings is 3. The van der Waals surface area contributed by atoms with Gasteiger partial charge in [0.1, 0.15) is 0 Å².